The second-order valence-corrected chi connectivity index (χ2v) is 3.53. The van der Waals surface area contributed by atoms with Crippen molar-refractivity contribution in [2.75, 3.05) is 11.9 Å². The highest BCUT2D eigenvalue weighted by molar-refractivity contribution is 5.92. The number of anilines is 1. The number of carbonyl (C=O) groups excluding carboxylic acids is 1. The molecular formula is C12H13FN2O2. The molecule has 0 bridgehead atoms. The first-order chi connectivity index (χ1) is 8.17. The van der Waals surface area contributed by atoms with Gasteiger partial charge in [0.1, 0.15) is 11.9 Å². The van der Waals surface area contributed by atoms with E-state index in [1.807, 2.05) is 6.07 Å². The summed E-state index contributed by atoms with van der Waals surface area (Å²) < 4.78 is 12.8. The molecular weight excluding hydrogens is 223 g/mol. The van der Waals surface area contributed by atoms with Gasteiger partial charge in [0.05, 0.1) is 11.3 Å². The van der Waals surface area contributed by atoms with Crippen LogP contribution in [0, 0.1) is 17.1 Å². The molecule has 1 amide bonds. The molecule has 4 nitrogen and oxygen atoms in total. The van der Waals surface area contributed by atoms with Gasteiger partial charge in [0.2, 0.25) is 5.91 Å². The number of rotatable bonds is 5. The lowest BCUT2D eigenvalue weighted by Crippen LogP contribution is -2.12. The number of benzene rings is 1. The monoisotopic (exact) mass is 236 g/mol. The summed E-state index contributed by atoms with van der Waals surface area (Å²) in [6.45, 7) is 0.0489. The minimum Gasteiger partial charge on any atom is -0.396 e. The van der Waals surface area contributed by atoms with Crippen molar-refractivity contribution in [1.29, 1.82) is 5.26 Å². The number of aliphatic hydroxyl groups excluding tert-OH is 1. The van der Waals surface area contributed by atoms with Crippen LogP contribution in [-0.4, -0.2) is 17.6 Å². The number of amides is 1. The van der Waals surface area contributed by atoms with Gasteiger partial charge in [0.15, 0.2) is 0 Å². The fourth-order valence-electron chi connectivity index (χ4n) is 1.33. The molecule has 0 radical (unpaired) electrons. The fraction of sp³-hybridized carbons (Fsp3) is 0.333. The first-order valence-electron chi connectivity index (χ1n) is 5.27. The van der Waals surface area contributed by atoms with Crippen LogP contribution < -0.4 is 5.32 Å². The predicted molar refractivity (Wildman–Crippen MR) is 60.7 cm³/mol. The van der Waals surface area contributed by atoms with Crippen LogP contribution in [0.15, 0.2) is 18.2 Å². The Balaban J connectivity index is 2.62. The Hall–Kier alpha value is -1.93. The highest BCUT2D eigenvalue weighted by Gasteiger charge is 2.07. The topological polar surface area (TPSA) is 73.1 Å². The zero-order chi connectivity index (χ0) is 12.7. The summed E-state index contributed by atoms with van der Waals surface area (Å²) in [4.78, 5) is 11.4. The van der Waals surface area contributed by atoms with Gasteiger partial charge in [-0.2, -0.15) is 5.26 Å². The normalized spacial score (nSPS) is 9.71. The van der Waals surface area contributed by atoms with Crippen LogP contribution in [0.5, 0.6) is 0 Å². The summed E-state index contributed by atoms with van der Waals surface area (Å²) in [7, 11) is 0. The Morgan fingerprint density at radius 2 is 2.24 bits per heavy atom. The lowest BCUT2D eigenvalue weighted by Gasteiger charge is -2.06. The van der Waals surface area contributed by atoms with E-state index in [0.29, 0.717) is 18.5 Å². The Morgan fingerprint density at radius 1 is 1.47 bits per heavy atom. The maximum absolute atomic E-state index is 12.8. The molecule has 17 heavy (non-hydrogen) atoms. The van der Waals surface area contributed by atoms with Gasteiger partial charge in [0.25, 0.3) is 0 Å². The van der Waals surface area contributed by atoms with E-state index >= 15 is 0 Å². The van der Waals surface area contributed by atoms with Crippen LogP contribution in [0.25, 0.3) is 0 Å². The SMILES string of the molecule is N#Cc1cc(F)ccc1NC(=O)CCCCO. The number of hydrogen-bond donors (Lipinski definition) is 2. The van der Waals surface area contributed by atoms with Crippen molar-refractivity contribution in [3.8, 4) is 6.07 Å². The van der Waals surface area contributed by atoms with Gasteiger partial charge >= 0.3 is 0 Å². The minimum absolute atomic E-state index is 0.0489. The first kappa shape index (κ1) is 13.1. The number of nitrogens with zero attached hydrogens (tertiary/aromatic N) is 1. The number of nitriles is 1. The average molecular weight is 236 g/mol. The third-order valence-electron chi connectivity index (χ3n) is 2.19. The van der Waals surface area contributed by atoms with Crippen molar-refractivity contribution in [3.63, 3.8) is 0 Å². The predicted octanol–water partition coefficient (Wildman–Crippen LogP) is 1.80. The van der Waals surface area contributed by atoms with Crippen LogP contribution in [0.1, 0.15) is 24.8 Å². The molecule has 0 aliphatic heterocycles. The molecule has 0 aliphatic carbocycles. The standard InChI is InChI=1S/C12H13FN2O2/c13-10-4-5-11(9(7-10)8-14)15-12(17)3-1-2-6-16/h4-5,7,16H,1-3,6H2,(H,15,17). The van der Waals surface area contributed by atoms with Crippen molar-refractivity contribution in [1.82, 2.24) is 0 Å². The average Bonchev–Trinajstić information content (AvgIpc) is 2.32. The second kappa shape index (κ2) is 6.61. The van der Waals surface area contributed by atoms with Gasteiger partial charge in [-0.25, -0.2) is 4.39 Å². The molecule has 90 valence electrons. The maximum Gasteiger partial charge on any atom is 0.224 e. The van der Waals surface area contributed by atoms with Crippen molar-refractivity contribution >= 4 is 11.6 Å². The van der Waals surface area contributed by atoms with Gasteiger partial charge in [-0.1, -0.05) is 0 Å². The number of hydrogen-bond acceptors (Lipinski definition) is 3. The largest absolute Gasteiger partial charge is 0.396 e. The van der Waals surface area contributed by atoms with Crippen molar-refractivity contribution in [3.05, 3.63) is 29.6 Å². The molecule has 0 aliphatic rings. The maximum atomic E-state index is 12.8. The van der Waals surface area contributed by atoms with Crippen LogP contribution >= 0.6 is 0 Å². The Bertz CT molecular complexity index is 441. The Kier molecular flexibility index (Phi) is 5.11. The molecule has 0 heterocycles. The third-order valence-corrected chi connectivity index (χ3v) is 2.19. The number of carbonyl (C=O) groups is 1. The van der Waals surface area contributed by atoms with E-state index in [1.54, 1.807) is 0 Å². The van der Waals surface area contributed by atoms with E-state index in [2.05, 4.69) is 5.32 Å². The smallest absolute Gasteiger partial charge is 0.224 e. The zero-order valence-corrected chi connectivity index (χ0v) is 9.24. The molecule has 0 saturated carbocycles. The second-order valence-electron chi connectivity index (χ2n) is 3.53. The minimum atomic E-state index is -0.514. The first-order valence-corrected chi connectivity index (χ1v) is 5.27. The van der Waals surface area contributed by atoms with Gasteiger partial charge in [0, 0.05) is 13.0 Å². The van der Waals surface area contributed by atoms with Gasteiger partial charge in [-0.15, -0.1) is 0 Å². The van der Waals surface area contributed by atoms with E-state index < -0.39 is 5.82 Å². The zero-order valence-electron chi connectivity index (χ0n) is 9.24. The van der Waals surface area contributed by atoms with Gasteiger partial charge in [-0.3, -0.25) is 4.79 Å². The molecule has 0 fully saturated rings. The van der Waals surface area contributed by atoms with Crippen LogP contribution in [0.4, 0.5) is 10.1 Å². The highest BCUT2D eigenvalue weighted by Crippen LogP contribution is 2.16. The van der Waals surface area contributed by atoms with Crippen molar-refractivity contribution in [2.45, 2.75) is 19.3 Å². The molecule has 1 aromatic carbocycles. The van der Waals surface area contributed by atoms with E-state index in [9.17, 15) is 9.18 Å². The van der Waals surface area contributed by atoms with Crippen molar-refractivity contribution in [2.24, 2.45) is 0 Å². The van der Waals surface area contributed by atoms with E-state index in [1.165, 1.54) is 12.1 Å². The molecule has 0 unspecified atom stereocenters. The molecule has 0 aromatic heterocycles. The molecule has 0 saturated heterocycles. The Morgan fingerprint density at radius 3 is 2.88 bits per heavy atom. The van der Waals surface area contributed by atoms with E-state index in [4.69, 9.17) is 10.4 Å². The van der Waals surface area contributed by atoms with E-state index in [0.717, 1.165) is 6.07 Å². The molecule has 0 spiro atoms. The molecule has 1 aromatic rings. The molecule has 0 atom stereocenters. The van der Waals surface area contributed by atoms with Crippen LogP contribution in [0.3, 0.4) is 0 Å². The number of unbranched alkanes of at least 4 members (excludes halogenated alkanes) is 1. The molecule has 1 rings (SSSR count). The number of aliphatic hydroxyl groups is 1. The molecule has 5 heteroatoms. The number of nitrogens with one attached hydrogen (secondary N) is 1. The lowest BCUT2D eigenvalue weighted by molar-refractivity contribution is -0.116. The summed E-state index contributed by atoms with van der Waals surface area (Å²) >= 11 is 0. The van der Waals surface area contributed by atoms with E-state index in [-0.39, 0.29) is 24.5 Å². The highest BCUT2D eigenvalue weighted by atomic mass is 19.1. The van der Waals surface area contributed by atoms with Gasteiger partial charge in [-0.05, 0) is 31.0 Å². The summed E-state index contributed by atoms with van der Waals surface area (Å²) in [5.41, 5.74) is 0.406. The summed E-state index contributed by atoms with van der Waals surface area (Å²) in [5.74, 6) is -0.763. The Labute approximate surface area is 98.7 Å². The summed E-state index contributed by atoms with van der Waals surface area (Å²) in [6.07, 6.45) is 1.40. The van der Waals surface area contributed by atoms with Crippen molar-refractivity contribution < 1.29 is 14.3 Å². The van der Waals surface area contributed by atoms with Crippen LogP contribution in [0.2, 0.25) is 0 Å². The van der Waals surface area contributed by atoms with Crippen LogP contribution in [-0.2, 0) is 4.79 Å². The fourth-order valence-corrected chi connectivity index (χ4v) is 1.33. The number of halogens is 1. The third kappa shape index (κ3) is 4.21. The lowest BCUT2D eigenvalue weighted by atomic mass is 10.1. The quantitative estimate of drug-likeness (QED) is 0.765. The summed E-state index contributed by atoms with van der Waals surface area (Å²) in [5, 5.41) is 19.9. The molecule has 2 N–H and O–H groups in total. The summed E-state index contributed by atoms with van der Waals surface area (Å²) in [6, 6.07) is 5.43. The van der Waals surface area contributed by atoms with Gasteiger partial charge < -0.3 is 10.4 Å².